The molecule has 0 amide bonds. The molecule has 0 aromatic carbocycles. The van der Waals surface area contributed by atoms with Crippen molar-refractivity contribution in [2.45, 2.75) is 53.2 Å². The van der Waals surface area contributed by atoms with Gasteiger partial charge in [-0.25, -0.2) is 0 Å². The molecular weight excluding hydrogens is 234 g/mol. The summed E-state index contributed by atoms with van der Waals surface area (Å²) in [6, 6.07) is 0. The molecule has 1 aliphatic rings. The van der Waals surface area contributed by atoms with Gasteiger partial charge in [-0.2, -0.15) is 0 Å². The van der Waals surface area contributed by atoms with E-state index < -0.39 is 5.72 Å². The number of hydrogen-bond acceptors (Lipinski definition) is 2. The Bertz CT molecular complexity index is 360. The third kappa shape index (κ3) is 5.46. The second-order valence-corrected chi connectivity index (χ2v) is 3.87. The van der Waals surface area contributed by atoms with Gasteiger partial charge < -0.3 is 5.11 Å². The first kappa shape index (κ1) is 20.0. The van der Waals surface area contributed by atoms with Gasteiger partial charge in [0.05, 0.1) is 6.54 Å². The van der Waals surface area contributed by atoms with Crippen molar-refractivity contribution in [3.8, 4) is 12.3 Å². The Kier molecular flexibility index (Phi) is 11.2. The first-order valence-electron chi connectivity index (χ1n) is 6.61. The third-order valence-corrected chi connectivity index (χ3v) is 2.76. The molecule has 19 heavy (non-hydrogen) atoms. The fourth-order valence-electron chi connectivity index (χ4n) is 2.05. The van der Waals surface area contributed by atoms with E-state index in [9.17, 15) is 5.11 Å². The van der Waals surface area contributed by atoms with Gasteiger partial charge in [0.1, 0.15) is 5.72 Å². The minimum atomic E-state index is -0.961. The molecule has 1 saturated carbocycles. The van der Waals surface area contributed by atoms with E-state index in [-0.39, 0.29) is 7.43 Å². The molecule has 0 aromatic heterocycles. The summed E-state index contributed by atoms with van der Waals surface area (Å²) in [6.07, 6.45) is 13.4. The van der Waals surface area contributed by atoms with Crippen LogP contribution in [-0.2, 0) is 0 Å². The van der Waals surface area contributed by atoms with E-state index in [1.807, 2.05) is 26.0 Å². The smallest absolute Gasteiger partial charge is 0.143 e. The van der Waals surface area contributed by atoms with E-state index in [4.69, 9.17) is 6.42 Å². The van der Waals surface area contributed by atoms with Crippen LogP contribution in [0.2, 0.25) is 0 Å². The fraction of sp³-hybridized carbons (Fsp3) is 0.529. The molecule has 0 saturated heterocycles. The number of allylic oxidation sites excluding steroid dienone is 3. The monoisotopic (exact) mass is 263 g/mol. The molecule has 0 aromatic rings. The van der Waals surface area contributed by atoms with E-state index in [2.05, 4.69) is 24.7 Å². The molecule has 0 spiro atoms. The van der Waals surface area contributed by atoms with Gasteiger partial charge in [-0.3, -0.25) is 5.32 Å². The lowest BCUT2D eigenvalue weighted by molar-refractivity contribution is 0.0535. The quantitative estimate of drug-likeness (QED) is 0.597. The predicted molar refractivity (Wildman–Crippen MR) is 85.8 cm³/mol. The summed E-state index contributed by atoms with van der Waals surface area (Å²) in [6.45, 7) is 10.1. The molecular formula is C17H29NO. The van der Waals surface area contributed by atoms with Gasteiger partial charge in [0.2, 0.25) is 0 Å². The maximum Gasteiger partial charge on any atom is 0.143 e. The SMILES string of the molecule is C.C#CCNC1(O)CCC(=C/C=C)/C1=C\CC.CC. The van der Waals surface area contributed by atoms with Crippen LogP contribution in [0.4, 0.5) is 0 Å². The van der Waals surface area contributed by atoms with Crippen LogP contribution < -0.4 is 5.32 Å². The van der Waals surface area contributed by atoms with E-state index in [1.165, 1.54) is 0 Å². The zero-order valence-corrected chi connectivity index (χ0v) is 11.8. The molecule has 108 valence electrons. The Morgan fingerprint density at radius 1 is 1.53 bits per heavy atom. The molecule has 0 heterocycles. The van der Waals surface area contributed by atoms with Crippen molar-refractivity contribution in [1.82, 2.24) is 5.32 Å². The molecule has 1 rings (SSSR count). The number of aliphatic hydroxyl groups is 1. The van der Waals surface area contributed by atoms with Gasteiger partial charge in [0, 0.05) is 0 Å². The summed E-state index contributed by atoms with van der Waals surface area (Å²) in [5, 5.41) is 13.5. The maximum absolute atomic E-state index is 10.5. The normalized spacial score (nSPS) is 25.2. The van der Waals surface area contributed by atoms with E-state index in [1.54, 1.807) is 6.08 Å². The average Bonchev–Trinajstić information content (AvgIpc) is 2.70. The second-order valence-electron chi connectivity index (χ2n) is 3.87. The first-order chi connectivity index (χ1) is 8.68. The van der Waals surface area contributed by atoms with E-state index in [0.717, 1.165) is 24.0 Å². The third-order valence-electron chi connectivity index (χ3n) is 2.76. The Balaban J connectivity index is 0. The molecule has 0 aliphatic heterocycles. The average molecular weight is 263 g/mol. The number of terminal acetylenes is 1. The Labute approximate surface area is 119 Å². The highest BCUT2D eigenvalue weighted by Gasteiger charge is 2.37. The van der Waals surface area contributed by atoms with Crippen LogP contribution in [0.5, 0.6) is 0 Å². The van der Waals surface area contributed by atoms with Crippen LogP contribution in [0, 0.1) is 12.3 Å². The Morgan fingerprint density at radius 3 is 2.63 bits per heavy atom. The number of hydrogen-bond donors (Lipinski definition) is 2. The standard InChI is InChI=1S/C14H19NO.C2H6.CH4/c1-4-7-12-9-10-14(16,15-11-6-3)13(12)8-5-2;1-2;/h3-4,7-8,15-16H,1,5,9-11H2,2H3;1-2H3;1H4/b12-7-,13-8+;;. The molecule has 2 nitrogen and oxygen atoms in total. The van der Waals surface area contributed by atoms with Crippen molar-refractivity contribution in [3.05, 3.63) is 36.0 Å². The van der Waals surface area contributed by atoms with Crippen molar-refractivity contribution in [1.29, 1.82) is 0 Å². The summed E-state index contributed by atoms with van der Waals surface area (Å²) in [4.78, 5) is 0. The molecule has 0 bridgehead atoms. The molecule has 2 N–H and O–H groups in total. The lowest BCUT2D eigenvalue weighted by atomic mass is 10.0. The molecule has 1 atom stereocenters. The molecule has 1 fully saturated rings. The van der Waals surface area contributed by atoms with Crippen LogP contribution in [0.1, 0.15) is 47.5 Å². The lowest BCUT2D eigenvalue weighted by Crippen LogP contribution is -2.44. The van der Waals surface area contributed by atoms with Gasteiger partial charge in [-0.1, -0.05) is 58.9 Å². The van der Waals surface area contributed by atoms with Crippen molar-refractivity contribution in [2.75, 3.05) is 6.54 Å². The molecule has 1 unspecified atom stereocenters. The van der Waals surface area contributed by atoms with Gasteiger partial charge in [0.15, 0.2) is 0 Å². The Morgan fingerprint density at radius 2 is 2.16 bits per heavy atom. The zero-order chi connectivity index (χ0) is 14.0. The highest BCUT2D eigenvalue weighted by atomic mass is 16.3. The van der Waals surface area contributed by atoms with Crippen molar-refractivity contribution < 1.29 is 5.11 Å². The topological polar surface area (TPSA) is 32.3 Å². The molecule has 0 radical (unpaired) electrons. The van der Waals surface area contributed by atoms with Crippen LogP contribution in [0.3, 0.4) is 0 Å². The largest absolute Gasteiger partial charge is 0.372 e. The summed E-state index contributed by atoms with van der Waals surface area (Å²) in [7, 11) is 0. The summed E-state index contributed by atoms with van der Waals surface area (Å²) < 4.78 is 0. The number of nitrogens with one attached hydrogen (secondary N) is 1. The lowest BCUT2D eigenvalue weighted by Gasteiger charge is -2.25. The van der Waals surface area contributed by atoms with Gasteiger partial charge in [-0.15, -0.1) is 6.42 Å². The van der Waals surface area contributed by atoms with Crippen LogP contribution in [-0.4, -0.2) is 17.4 Å². The van der Waals surface area contributed by atoms with Crippen LogP contribution >= 0.6 is 0 Å². The van der Waals surface area contributed by atoms with Crippen molar-refractivity contribution >= 4 is 0 Å². The maximum atomic E-state index is 10.5. The molecule has 2 heteroatoms. The van der Waals surface area contributed by atoms with Crippen molar-refractivity contribution in [3.63, 3.8) is 0 Å². The minimum Gasteiger partial charge on any atom is -0.372 e. The van der Waals surface area contributed by atoms with E-state index >= 15 is 0 Å². The zero-order valence-electron chi connectivity index (χ0n) is 11.8. The van der Waals surface area contributed by atoms with Gasteiger partial charge in [-0.05, 0) is 30.4 Å². The fourth-order valence-corrected chi connectivity index (χ4v) is 2.05. The second kappa shape index (κ2) is 10.6. The van der Waals surface area contributed by atoms with Gasteiger partial charge in [0.25, 0.3) is 0 Å². The highest BCUT2D eigenvalue weighted by molar-refractivity contribution is 5.44. The van der Waals surface area contributed by atoms with Crippen LogP contribution in [0.15, 0.2) is 36.0 Å². The highest BCUT2D eigenvalue weighted by Crippen LogP contribution is 2.37. The first-order valence-corrected chi connectivity index (χ1v) is 6.61. The number of rotatable bonds is 4. The van der Waals surface area contributed by atoms with E-state index in [0.29, 0.717) is 13.0 Å². The minimum absolute atomic E-state index is 0. The summed E-state index contributed by atoms with van der Waals surface area (Å²) >= 11 is 0. The van der Waals surface area contributed by atoms with Crippen molar-refractivity contribution in [2.24, 2.45) is 0 Å². The van der Waals surface area contributed by atoms with Crippen LogP contribution in [0.25, 0.3) is 0 Å². The summed E-state index contributed by atoms with van der Waals surface area (Å²) in [5.74, 6) is 2.49. The molecule has 1 aliphatic carbocycles. The predicted octanol–water partition coefficient (Wildman–Crippen LogP) is 3.80. The Hall–Kier alpha value is -1.30. The summed E-state index contributed by atoms with van der Waals surface area (Å²) in [5.41, 5.74) is 1.13. The van der Waals surface area contributed by atoms with Gasteiger partial charge >= 0.3 is 0 Å².